The van der Waals surface area contributed by atoms with Crippen molar-refractivity contribution in [1.29, 1.82) is 0 Å². The molecule has 8 heteroatoms. The van der Waals surface area contributed by atoms with Crippen LogP contribution in [-0.4, -0.2) is 47.4 Å². The smallest absolute Gasteiger partial charge is 0.242 e. The average molecular weight is 490 g/mol. The topological polar surface area (TPSA) is 71.0 Å². The summed E-state index contributed by atoms with van der Waals surface area (Å²) in [6, 6.07) is 13.4. The molecule has 2 aromatic carbocycles. The Balaban J connectivity index is 1.77. The molecule has 1 N–H and O–H groups in total. The monoisotopic (exact) mass is 489 g/mol. The van der Waals surface area contributed by atoms with E-state index in [0.717, 1.165) is 21.3 Å². The maximum absolute atomic E-state index is 13.0. The molecular formula is C22H24BrN3O3S. The summed E-state index contributed by atoms with van der Waals surface area (Å²) in [6.45, 7) is 4.82. The number of anilines is 1. The Labute approximate surface area is 189 Å². The fourth-order valence-electron chi connectivity index (χ4n) is 3.08. The number of nitrogens with one attached hydrogen (secondary N) is 1. The first-order valence-corrected chi connectivity index (χ1v) is 11.2. The van der Waals surface area contributed by atoms with Crippen molar-refractivity contribution in [2.75, 3.05) is 25.6 Å². The Kier molecular flexibility index (Phi) is 7.69. The van der Waals surface area contributed by atoms with Gasteiger partial charge >= 0.3 is 0 Å². The van der Waals surface area contributed by atoms with Gasteiger partial charge in [0.25, 0.3) is 0 Å². The van der Waals surface area contributed by atoms with Gasteiger partial charge in [-0.2, -0.15) is 0 Å². The number of nitrogens with zero attached hydrogens (tertiary/aromatic N) is 2. The van der Waals surface area contributed by atoms with Crippen LogP contribution in [0.3, 0.4) is 0 Å². The second-order valence-electron chi connectivity index (χ2n) is 7.01. The van der Waals surface area contributed by atoms with Gasteiger partial charge in [-0.05, 0) is 53.5 Å². The minimum atomic E-state index is -0.520. The van der Waals surface area contributed by atoms with Gasteiger partial charge in [0.05, 0.1) is 24.5 Å². The Morgan fingerprint density at radius 2 is 2.03 bits per heavy atom. The third kappa shape index (κ3) is 5.50. The zero-order valence-electron chi connectivity index (χ0n) is 17.1. The molecule has 6 nitrogen and oxygen atoms in total. The summed E-state index contributed by atoms with van der Waals surface area (Å²) in [7, 11) is 1.59. The van der Waals surface area contributed by atoms with Crippen molar-refractivity contribution in [3.8, 4) is 0 Å². The first-order valence-electron chi connectivity index (χ1n) is 9.56. The van der Waals surface area contributed by atoms with Gasteiger partial charge in [0.15, 0.2) is 5.17 Å². The third-order valence-electron chi connectivity index (χ3n) is 4.63. The third-order valence-corrected chi connectivity index (χ3v) is 6.49. The molecule has 0 bridgehead atoms. The van der Waals surface area contributed by atoms with Gasteiger partial charge in [-0.15, -0.1) is 0 Å². The lowest BCUT2D eigenvalue weighted by atomic mass is 10.1. The molecule has 158 valence electrons. The van der Waals surface area contributed by atoms with Gasteiger partial charge in [0.2, 0.25) is 11.8 Å². The van der Waals surface area contributed by atoms with Gasteiger partial charge in [0.1, 0.15) is 5.25 Å². The number of aryl methyl sites for hydroxylation is 2. The molecular weight excluding hydrogens is 466 g/mol. The van der Waals surface area contributed by atoms with Crippen LogP contribution in [0.2, 0.25) is 0 Å². The molecule has 0 saturated carbocycles. The van der Waals surface area contributed by atoms with E-state index in [1.165, 1.54) is 11.8 Å². The summed E-state index contributed by atoms with van der Waals surface area (Å²) in [4.78, 5) is 31.9. The number of thioether (sulfide) groups is 1. The summed E-state index contributed by atoms with van der Waals surface area (Å²) in [5, 5.41) is 2.94. The van der Waals surface area contributed by atoms with Crippen molar-refractivity contribution in [3.63, 3.8) is 0 Å². The summed E-state index contributed by atoms with van der Waals surface area (Å²) < 4.78 is 5.95. The molecule has 1 aliphatic heterocycles. The number of hydrogen-bond donors (Lipinski definition) is 1. The minimum Gasteiger partial charge on any atom is -0.383 e. The molecule has 1 heterocycles. The maximum atomic E-state index is 13.0. The summed E-state index contributed by atoms with van der Waals surface area (Å²) in [6.07, 6.45) is 0.0697. The molecule has 0 aromatic heterocycles. The van der Waals surface area contributed by atoms with Crippen LogP contribution in [0.5, 0.6) is 0 Å². The van der Waals surface area contributed by atoms with Crippen LogP contribution in [-0.2, 0) is 14.3 Å². The molecule has 1 aliphatic rings. The highest BCUT2D eigenvalue weighted by Crippen LogP contribution is 2.33. The van der Waals surface area contributed by atoms with E-state index in [1.807, 2.05) is 50.2 Å². The normalized spacial score (nSPS) is 17.6. The zero-order valence-corrected chi connectivity index (χ0v) is 19.5. The molecule has 1 atom stereocenters. The number of carbonyl (C=O) groups is 2. The lowest BCUT2D eigenvalue weighted by molar-refractivity contribution is -0.128. The van der Waals surface area contributed by atoms with E-state index in [9.17, 15) is 9.59 Å². The van der Waals surface area contributed by atoms with Crippen LogP contribution in [0.15, 0.2) is 51.9 Å². The van der Waals surface area contributed by atoms with Crippen molar-refractivity contribution in [2.45, 2.75) is 25.5 Å². The SMILES string of the molecule is COCCN1C(=O)C(CC(=O)Nc2ccccc2Br)SC1=Nc1ccc(C)cc1C. The fourth-order valence-corrected chi connectivity index (χ4v) is 4.64. The van der Waals surface area contributed by atoms with Crippen LogP contribution >= 0.6 is 27.7 Å². The first kappa shape index (κ1) is 22.5. The fraction of sp³-hybridized carbons (Fsp3) is 0.318. The molecule has 0 spiro atoms. The van der Waals surface area contributed by atoms with E-state index in [-0.39, 0.29) is 18.2 Å². The zero-order chi connectivity index (χ0) is 21.7. The van der Waals surface area contributed by atoms with Crippen LogP contribution in [0.1, 0.15) is 17.5 Å². The minimum absolute atomic E-state index is 0.0697. The number of para-hydroxylation sites is 1. The van der Waals surface area contributed by atoms with Crippen LogP contribution < -0.4 is 5.32 Å². The Morgan fingerprint density at radius 1 is 1.27 bits per heavy atom. The molecule has 1 saturated heterocycles. The predicted octanol–water partition coefficient (Wildman–Crippen LogP) is 4.67. The Hall–Kier alpha value is -2.16. The quantitative estimate of drug-likeness (QED) is 0.613. The summed E-state index contributed by atoms with van der Waals surface area (Å²) in [5.74, 6) is -0.338. The van der Waals surface area contributed by atoms with Crippen LogP contribution in [0.25, 0.3) is 0 Å². The van der Waals surface area contributed by atoms with Crippen molar-refractivity contribution in [3.05, 3.63) is 58.1 Å². The molecule has 3 rings (SSSR count). The molecule has 30 heavy (non-hydrogen) atoms. The standard InChI is InChI=1S/C22H24BrN3O3S/c1-14-8-9-17(15(2)12-14)25-22-26(10-11-29-3)21(28)19(30-22)13-20(27)24-18-7-5-4-6-16(18)23/h4-9,12,19H,10-11,13H2,1-3H3,(H,24,27). The largest absolute Gasteiger partial charge is 0.383 e. The maximum Gasteiger partial charge on any atom is 0.242 e. The molecule has 2 amide bonds. The number of aliphatic imine (C=N–C) groups is 1. The lowest BCUT2D eigenvalue weighted by Crippen LogP contribution is -2.35. The number of rotatable bonds is 7. The number of carbonyl (C=O) groups excluding carboxylic acids is 2. The van der Waals surface area contributed by atoms with E-state index >= 15 is 0 Å². The van der Waals surface area contributed by atoms with Crippen molar-refractivity contribution in [2.24, 2.45) is 4.99 Å². The van der Waals surface area contributed by atoms with Gasteiger partial charge in [-0.3, -0.25) is 14.5 Å². The molecule has 0 radical (unpaired) electrons. The van der Waals surface area contributed by atoms with Gasteiger partial charge < -0.3 is 10.1 Å². The van der Waals surface area contributed by atoms with Crippen LogP contribution in [0.4, 0.5) is 11.4 Å². The van der Waals surface area contributed by atoms with Crippen LogP contribution in [0, 0.1) is 13.8 Å². The van der Waals surface area contributed by atoms with Gasteiger partial charge in [0, 0.05) is 18.0 Å². The Morgan fingerprint density at radius 3 is 2.73 bits per heavy atom. The highest BCUT2D eigenvalue weighted by molar-refractivity contribution is 9.10. The van der Waals surface area contributed by atoms with E-state index in [2.05, 4.69) is 27.3 Å². The number of ether oxygens (including phenoxy) is 1. The summed E-state index contributed by atoms with van der Waals surface area (Å²) >= 11 is 4.74. The second-order valence-corrected chi connectivity index (χ2v) is 9.03. The van der Waals surface area contributed by atoms with E-state index in [1.54, 1.807) is 12.0 Å². The highest BCUT2D eigenvalue weighted by Gasteiger charge is 2.39. The number of benzene rings is 2. The molecule has 1 fully saturated rings. The molecule has 0 aliphatic carbocycles. The van der Waals surface area contributed by atoms with Crippen molar-refractivity contribution < 1.29 is 14.3 Å². The van der Waals surface area contributed by atoms with E-state index in [0.29, 0.717) is 24.0 Å². The number of methoxy groups -OCH3 is 1. The number of halogens is 1. The van der Waals surface area contributed by atoms with Crippen molar-refractivity contribution in [1.82, 2.24) is 4.90 Å². The molecule has 1 unspecified atom stereocenters. The average Bonchev–Trinajstić information content (AvgIpc) is 2.98. The predicted molar refractivity (Wildman–Crippen MR) is 125 cm³/mol. The first-order chi connectivity index (χ1) is 14.4. The van der Waals surface area contributed by atoms with E-state index < -0.39 is 5.25 Å². The van der Waals surface area contributed by atoms with Gasteiger partial charge in [-0.25, -0.2) is 4.99 Å². The second kappa shape index (κ2) is 10.2. The molecule has 2 aromatic rings. The summed E-state index contributed by atoms with van der Waals surface area (Å²) in [5.41, 5.74) is 3.69. The van der Waals surface area contributed by atoms with Gasteiger partial charge in [-0.1, -0.05) is 41.6 Å². The van der Waals surface area contributed by atoms with E-state index in [4.69, 9.17) is 9.73 Å². The Bertz CT molecular complexity index is 980. The number of amidine groups is 1. The van der Waals surface area contributed by atoms with Crippen molar-refractivity contribution >= 4 is 56.0 Å². The number of amides is 2. The highest BCUT2D eigenvalue weighted by atomic mass is 79.9. The number of hydrogen-bond acceptors (Lipinski definition) is 5. The lowest BCUT2D eigenvalue weighted by Gasteiger charge is -2.16.